The maximum absolute atomic E-state index is 12.7. The van der Waals surface area contributed by atoms with Crippen molar-refractivity contribution in [2.24, 2.45) is 11.3 Å². The van der Waals surface area contributed by atoms with Crippen molar-refractivity contribution in [1.82, 2.24) is 5.32 Å². The third kappa shape index (κ3) is 4.75. The number of amides is 1. The second kappa shape index (κ2) is 6.86. The molecule has 1 N–H and O–H groups in total. The molecular weight excluding hydrogens is 233 g/mol. The van der Waals surface area contributed by atoms with Crippen LogP contribution in [0.15, 0.2) is 0 Å². The molecule has 0 aromatic rings. The summed E-state index contributed by atoms with van der Waals surface area (Å²) in [7, 11) is 0. The maximum Gasteiger partial charge on any atom is 0.226 e. The van der Waals surface area contributed by atoms with Gasteiger partial charge in [0, 0.05) is 6.42 Å². The van der Waals surface area contributed by atoms with Crippen LogP contribution in [0.5, 0.6) is 0 Å². The number of hydrogen-bond donors (Lipinski definition) is 1. The topological polar surface area (TPSA) is 46.2 Å². The second-order valence-electron chi connectivity index (χ2n) is 5.49. The summed E-state index contributed by atoms with van der Waals surface area (Å²) in [5.41, 5.74) is -0.330. The molecule has 3 nitrogen and oxygen atoms in total. The number of Topliss-reactive ketones (excluding diaryl/α,β-unsaturated/α-hetero) is 1. The van der Waals surface area contributed by atoms with Crippen LogP contribution in [-0.4, -0.2) is 23.9 Å². The van der Waals surface area contributed by atoms with Gasteiger partial charge in [0.1, 0.15) is 6.17 Å². The van der Waals surface area contributed by atoms with Gasteiger partial charge in [0.25, 0.3) is 0 Å². The zero-order valence-corrected chi connectivity index (χ0v) is 12.3. The smallest absolute Gasteiger partial charge is 0.226 e. The molecule has 0 spiro atoms. The summed E-state index contributed by atoms with van der Waals surface area (Å²) in [5.74, 6) is -0.861. The number of halogens is 1. The van der Waals surface area contributed by atoms with E-state index < -0.39 is 18.1 Å². The van der Waals surface area contributed by atoms with Crippen molar-refractivity contribution in [3.05, 3.63) is 0 Å². The van der Waals surface area contributed by atoms with E-state index in [0.717, 1.165) is 0 Å². The Morgan fingerprint density at radius 3 is 2.06 bits per heavy atom. The SMILES string of the molecule is CC.CCC(=O)C(NC(=O)C1CC1F)C(C)(C)C. The number of carbonyl (C=O) groups is 2. The van der Waals surface area contributed by atoms with E-state index in [2.05, 4.69) is 5.32 Å². The minimum Gasteiger partial charge on any atom is -0.345 e. The molecule has 18 heavy (non-hydrogen) atoms. The van der Waals surface area contributed by atoms with Crippen molar-refractivity contribution in [2.75, 3.05) is 0 Å². The fourth-order valence-corrected chi connectivity index (χ4v) is 1.67. The van der Waals surface area contributed by atoms with Crippen LogP contribution in [0.4, 0.5) is 4.39 Å². The predicted molar refractivity (Wildman–Crippen MR) is 71.0 cm³/mol. The molecule has 0 radical (unpaired) electrons. The average Bonchev–Trinajstić information content (AvgIpc) is 3.03. The Morgan fingerprint density at radius 1 is 1.33 bits per heavy atom. The molecule has 1 rings (SSSR count). The monoisotopic (exact) mass is 259 g/mol. The van der Waals surface area contributed by atoms with Gasteiger partial charge < -0.3 is 5.32 Å². The first-order valence-corrected chi connectivity index (χ1v) is 6.74. The molecule has 0 aliphatic heterocycles. The number of rotatable bonds is 4. The van der Waals surface area contributed by atoms with Crippen LogP contribution in [0.25, 0.3) is 0 Å². The van der Waals surface area contributed by atoms with Crippen LogP contribution in [-0.2, 0) is 9.59 Å². The van der Waals surface area contributed by atoms with E-state index in [-0.39, 0.29) is 17.1 Å². The first kappa shape index (κ1) is 17.1. The number of nitrogens with one attached hydrogen (secondary N) is 1. The van der Waals surface area contributed by atoms with Crippen molar-refractivity contribution in [3.63, 3.8) is 0 Å². The first-order chi connectivity index (χ1) is 8.27. The Labute approximate surface area is 110 Å². The van der Waals surface area contributed by atoms with E-state index in [4.69, 9.17) is 0 Å². The summed E-state index contributed by atoms with van der Waals surface area (Å²) >= 11 is 0. The van der Waals surface area contributed by atoms with Gasteiger partial charge in [0.2, 0.25) is 5.91 Å². The van der Waals surface area contributed by atoms with Gasteiger partial charge in [-0.1, -0.05) is 41.5 Å². The molecule has 4 heteroatoms. The molecule has 1 fully saturated rings. The third-order valence-corrected chi connectivity index (χ3v) is 2.87. The molecule has 0 aromatic carbocycles. The highest BCUT2D eigenvalue weighted by molar-refractivity contribution is 5.91. The number of alkyl halides is 1. The lowest BCUT2D eigenvalue weighted by molar-refractivity contribution is -0.131. The van der Waals surface area contributed by atoms with Crippen molar-refractivity contribution in [1.29, 1.82) is 0 Å². The zero-order chi connectivity index (χ0) is 14.5. The van der Waals surface area contributed by atoms with Crippen LogP contribution >= 0.6 is 0 Å². The number of ketones is 1. The van der Waals surface area contributed by atoms with Crippen LogP contribution < -0.4 is 5.32 Å². The van der Waals surface area contributed by atoms with E-state index >= 15 is 0 Å². The maximum atomic E-state index is 12.7. The molecule has 1 aliphatic carbocycles. The predicted octanol–water partition coefficient (Wildman–Crippen LogP) is 2.88. The fourth-order valence-electron chi connectivity index (χ4n) is 1.67. The molecule has 1 aliphatic rings. The van der Waals surface area contributed by atoms with Crippen LogP contribution in [0.1, 0.15) is 54.4 Å². The Kier molecular flexibility index (Phi) is 6.50. The standard InChI is InChI=1S/C12H20FNO2.C2H6/c1-5-9(15)10(12(2,3)4)14-11(16)7-6-8(7)13;1-2/h7-8,10H,5-6H2,1-4H3,(H,14,16);1-2H3. The van der Waals surface area contributed by atoms with Gasteiger partial charge in [0.05, 0.1) is 12.0 Å². The summed E-state index contributed by atoms with van der Waals surface area (Å²) in [6, 6.07) is -0.516. The summed E-state index contributed by atoms with van der Waals surface area (Å²) in [4.78, 5) is 23.3. The summed E-state index contributed by atoms with van der Waals surface area (Å²) < 4.78 is 12.7. The van der Waals surface area contributed by atoms with Gasteiger partial charge in [-0.2, -0.15) is 0 Å². The van der Waals surface area contributed by atoms with Gasteiger partial charge in [0.15, 0.2) is 5.78 Å². The normalized spacial score (nSPS) is 23.5. The molecule has 0 aromatic heterocycles. The average molecular weight is 259 g/mol. The van der Waals surface area contributed by atoms with Gasteiger partial charge in [-0.15, -0.1) is 0 Å². The van der Waals surface area contributed by atoms with Crippen LogP contribution in [0.2, 0.25) is 0 Å². The third-order valence-electron chi connectivity index (χ3n) is 2.87. The number of carbonyl (C=O) groups excluding carboxylic acids is 2. The van der Waals surface area contributed by atoms with Crippen molar-refractivity contribution in [3.8, 4) is 0 Å². The summed E-state index contributed by atoms with van der Waals surface area (Å²) in [5, 5.41) is 2.67. The highest BCUT2D eigenvalue weighted by Crippen LogP contribution is 2.34. The lowest BCUT2D eigenvalue weighted by Crippen LogP contribution is -2.49. The molecule has 1 saturated carbocycles. The van der Waals surface area contributed by atoms with E-state index in [1.807, 2.05) is 34.6 Å². The Morgan fingerprint density at radius 2 is 1.78 bits per heavy atom. The highest BCUT2D eigenvalue weighted by Gasteiger charge is 2.45. The van der Waals surface area contributed by atoms with Gasteiger partial charge >= 0.3 is 0 Å². The molecule has 0 bridgehead atoms. The first-order valence-electron chi connectivity index (χ1n) is 6.74. The molecule has 0 saturated heterocycles. The highest BCUT2D eigenvalue weighted by atomic mass is 19.1. The fraction of sp³-hybridized carbons (Fsp3) is 0.857. The molecule has 3 atom stereocenters. The van der Waals surface area contributed by atoms with Crippen LogP contribution in [0.3, 0.4) is 0 Å². The lowest BCUT2D eigenvalue weighted by Gasteiger charge is -2.30. The Bertz CT molecular complexity index is 297. The van der Waals surface area contributed by atoms with Gasteiger partial charge in [-0.05, 0) is 11.8 Å². The molecule has 0 heterocycles. The van der Waals surface area contributed by atoms with E-state index in [0.29, 0.717) is 12.8 Å². The molecular formula is C14H26FNO2. The minimum atomic E-state index is -1.02. The van der Waals surface area contributed by atoms with Crippen molar-refractivity contribution in [2.45, 2.75) is 66.6 Å². The zero-order valence-electron chi connectivity index (χ0n) is 12.3. The van der Waals surface area contributed by atoms with Crippen molar-refractivity contribution >= 4 is 11.7 Å². The van der Waals surface area contributed by atoms with Crippen LogP contribution in [0, 0.1) is 11.3 Å². The molecule has 106 valence electrons. The van der Waals surface area contributed by atoms with Gasteiger partial charge in [-0.3, -0.25) is 9.59 Å². The molecule has 1 amide bonds. The lowest BCUT2D eigenvalue weighted by atomic mass is 9.83. The Hall–Kier alpha value is -0.930. The largest absolute Gasteiger partial charge is 0.345 e. The van der Waals surface area contributed by atoms with E-state index in [1.165, 1.54) is 0 Å². The second-order valence-corrected chi connectivity index (χ2v) is 5.49. The minimum absolute atomic E-state index is 0.00286. The van der Waals surface area contributed by atoms with Crippen molar-refractivity contribution < 1.29 is 14.0 Å². The summed E-state index contributed by atoms with van der Waals surface area (Å²) in [6.07, 6.45) is -0.341. The summed E-state index contributed by atoms with van der Waals surface area (Å²) in [6.45, 7) is 11.4. The number of hydrogen-bond acceptors (Lipinski definition) is 2. The van der Waals surface area contributed by atoms with E-state index in [9.17, 15) is 14.0 Å². The van der Waals surface area contributed by atoms with Gasteiger partial charge in [-0.25, -0.2) is 4.39 Å². The van der Waals surface area contributed by atoms with E-state index in [1.54, 1.807) is 6.92 Å². The Balaban J connectivity index is 0.00000137. The quantitative estimate of drug-likeness (QED) is 0.843. The molecule has 3 unspecified atom stereocenters.